The molecule has 0 nitrogen and oxygen atoms in total. The molecule has 1 heteroatoms. The standard InChI is InChI=1S/C13H24.U/c1-11(13-9-5-6-10-13)12-7-3-2-4-8-12;/h11-13H,2-10H2,1H3;. The molecule has 0 aliphatic heterocycles. The molecule has 2 aliphatic rings. The van der Waals surface area contributed by atoms with Crippen LogP contribution in [0.4, 0.5) is 0 Å². The molecule has 2 fully saturated rings. The van der Waals surface area contributed by atoms with Crippen molar-refractivity contribution in [2.75, 3.05) is 0 Å². The van der Waals surface area contributed by atoms with E-state index in [1.807, 2.05) is 0 Å². The first-order valence-corrected chi connectivity index (χ1v) is 6.38. The van der Waals surface area contributed by atoms with E-state index in [9.17, 15) is 0 Å². The van der Waals surface area contributed by atoms with Gasteiger partial charge in [-0.15, -0.1) is 0 Å². The molecule has 1 unspecified atom stereocenters. The van der Waals surface area contributed by atoms with Crippen LogP contribution in [0.5, 0.6) is 0 Å². The zero-order valence-corrected chi connectivity index (χ0v) is 13.8. The maximum Gasteiger partial charge on any atom is 0 e. The molecule has 2 saturated carbocycles. The average Bonchev–Trinajstić information content (AvgIpc) is 2.71. The fourth-order valence-electron chi connectivity index (χ4n) is 3.53. The minimum absolute atomic E-state index is 0. The molecule has 0 spiro atoms. The van der Waals surface area contributed by atoms with Crippen LogP contribution in [0, 0.1) is 48.9 Å². The van der Waals surface area contributed by atoms with E-state index >= 15 is 0 Å². The molecule has 0 amide bonds. The Kier molecular flexibility index (Phi) is 6.18. The largest absolute Gasteiger partial charge is 0.0620 e. The molecule has 0 bridgehead atoms. The van der Waals surface area contributed by atoms with Gasteiger partial charge in [-0.05, 0) is 17.8 Å². The van der Waals surface area contributed by atoms with Gasteiger partial charge in [0.2, 0.25) is 0 Å². The van der Waals surface area contributed by atoms with Gasteiger partial charge in [0.15, 0.2) is 0 Å². The van der Waals surface area contributed by atoms with Crippen molar-refractivity contribution in [3.8, 4) is 0 Å². The van der Waals surface area contributed by atoms with Gasteiger partial charge in [0.05, 0.1) is 0 Å². The van der Waals surface area contributed by atoms with Crippen molar-refractivity contribution >= 4 is 0 Å². The molecule has 80 valence electrons. The van der Waals surface area contributed by atoms with Crippen LogP contribution in [0.15, 0.2) is 0 Å². The van der Waals surface area contributed by atoms with E-state index in [2.05, 4.69) is 6.92 Å². The molecule has 0 aromatic rings. The summed E-state index contributed by atoms with van der Waals surface area (Å²) < 4.78 is 0. The van der Waals surface area contributed by atoms with Crippen LogP contribution in [-0.4, -0.2) is 0 Å². The average molecular weight is 418 g/mol. The molecule has 0 saturated heterocycles. The summed E-state index contributed by atoms with van der Waals surface area (Å²) in [6.45, 7) is 2.53. The zero-order chi connectivity index (χ0) is 9.10. The van der Waals surface area contributed by atoms with Gasteiger partial charge in [0.25, 0.3) is 0 Å². The van der Waals surface area contributed by atoms with Crippen molar-refractivity contribution < 1.29 is 31.1 Å². The van der Waals surface area contributed by atoms with Crippen molar-refractivity contribution in [3.05, 3.63) is 0 Å². The van der Waals surface area contributed by atoms with E-state index in [1.54, 1.807) is 0 Å². The third-order valence-electron chi connectivity index (χ3n) is 4.54. The minimum Gasteiger partial charge on any atom is -0.0620 e. The predicted octanol–water partition coefficient (Wildman–Crippen LogP) is 4.39. The zero-order valence-electron chi connectivity index (χ0n) is 9.60. The number of rotatable bonds is 2. The quantitative estimate of drug-likeness (QED) is 0.624. The molecule has 0 heterocycles. The van der Waals surface area contributed by atoms with Gasteiger partial charge in [-0.1, -0.05) is 64.7 Å². The number of hydrogen-bond donors (Lipinski definition) is 0. The van der Waals surface area contributed by atoms with Crippen molar-refractivity contribution in [1.82, 2.24) is 0 Å². The maximum absolute atomic E-state index is 2.53. The predicted molar refractivity (Wildman–Crippen MR) is 57.7 cm³/mol. The van der Waals surface area contributed by atoms with E-state index in [1.165, 1.54) is 57.8 Å². The first-order chi connectivity index (χ1) is 6.38. The maximum atomic E-state index is 2.53. The van der Waals surface area contributed by atoms with Crippen LogP contribution in [0.3, 0.4) is 0 Å². The SMILES string of the molecule is CC(C1CCCCC1)C1CCCC1.[U]. The molecule has 0 aromatic heterocycles. The van der Waals surface area contributed by atoms with E-state index in [4.69, 9.17) is 0 Å². The van der Waals surface area contributed by atoms with E-state index in [0.717, 1.165) is 17.8 Å². The van der Waals surface area contributed by atoms with E-state index in [-0.39, 0.29) is 31.1 Å². The van der Waals surface area contributed by atoms with Crippen molar-refractivity contribution in [1.29, 1.82) is 0 Å². The molecular weight excluding hydrogens is 394 g/mol. The summed E-state index contributed by atoms with van der Waals surface area (Å²) in [5, 5.41) is 0. The molecule has 0 radical (unpaired) electrons. The molecule has 0 N–H and O–H groups in total. The van der Waals surface area contributed by atoms with Crippen LogP contribution < -0.4 is 0 Å². The second-order valence-corrected chi connectivity index (χ2v) is 5.30. The van der Waals surface area contributed by atoms with Crippen LogP contribution in [0.25, 0.3) is 0 Å². The molecule has 2 aliphatic carbocycles. The summed E-state index contributed by atoms with van der Waals surface area (Å²) in [5.74, 6) is 3.24. The first-order valence-electron chi connectivity index (χ1n) is 6.38. The van der Waals surface area contributed by atoms with Gasteiger partial charge in [0.1, 0.15) is 0 Å². The third-order valence-corrected chi connectivity index (χ3v) is 4.54. The van der Waals surface area contributed by atoms with Gasteiger partial charge >= 0.3 is 0 Å². The Hall–Kier alpha value is 1.05. The minimum atomic E-state index is 0. The Balaban J connectivity index is 0.000000980. The Morgan fingerprint density at radius 2 is 1.07 bits per heavy atom. The van der Waals surface area contributed by atoms with Crippen molar-refractivity contribution in [2.45, 2.75) is 64.7 Å². The molecule has 2 rings (SSSR count). The van der Waals surface area contributed by atoms with Gasteiger partial charge < -0.3 is 0 Å². The molecular formula is C13H24U. The molecule has 14 heavy (non-hydrogen) atoms. The smallest absolute Gasteiger partial charge is 0 e. The summed E-state index contributed by atoms with van der Waals surface area (Å²) in [5.41, 5.74) is 0. The van der Waals surface area contributed by atoms with Crippen LogP contribution in [0.2, 0.25) is 0 Å². The summed E-state index contributed by atoms with van der Waals surface area (Å²) in [6.07, 6.45) is 13.7. The Morgan fingerprint density at radius 1 is 0.714 bits per heavy atom. The van der Waals surface area contributed by atoms with Gasteiger partial charge in [0, 0.05) is 31.1 Å². The molecule has 0 aromatic carbocycles. The normalized spacial score (nSPS) is 27.2. The Morgan fingerprint density at radius 3 is 1.50 bits per heavy atom. The summed E-state index contributed by atoms with van der Waals surface area (Å²) >= 11 is 0. The topological polar surface area (TPSA) is 0 Å². The van der Waals surface area contributed by atoms with Crippen LogP contribution in [-0.2, 0) is 0 Å². The van der Waals surface area contributed by atoms with E-state index < -0.39 is 0 Å². The van der Waals surface area contributed by atoms with Crippen molar-refractivity contribution in [3.63, 3.8) is 0 Å². The van der Waals surface area contributed by atoms with Gasteiger partial charge in [-0.3, -0.25) is 0 Å². The fourth-order valence-corrected chi connectivity index (χ4v) is 3.53. The first kappa shape index (κ1) is 13.1. The van der Waals surface area contributed by atoms with Crippen LogP contribution >= 0.6 is 0 Å². The second-order valence-electron chi connectivity index (χ2n) is 5.30. The summed E-state index contributed by atoms with van der Waals surface area (Å²) in [7, 11) is 0. The number of hydrogen-bond acceptors (Lipinski definition) is 0. The summed E-state index contributed by atoms with van der Waals surface area (Å²) in [6, 6.07) is 0. The Bertz CT molecular complexity index is 143. The molecule has 1 atom stereocenters. The Labute approximate surface area is 113 Å². The third kappa shape index (κ3) is 3.28. The van der Waals surface area contributed by atoms with Crippen LogP contribution in [0.1, 0.15) is 64.7 Å². The summed E-state index contributed by atoms with van der Waals surface area (Å²) in [4.78, 5) is 0. The van der Waals surface area contributed by atoms with Gasteiger partial charge in [-0.2, -0.15) is 0 Å². The monoisotopic (exact) mass is 418 g/mol. The van der Waals surface area contributed by atoms with Crippen molar-refractivity contribution in [2.24, 2.45) is 17.8 Å². The van der Waals surface area contributed by atoms with E-state index in [0.29, 0.717) is 0 Å². The fraction of sp³-hybridized carbons (Fsp3) is 1.00. The van der Waals surface area contributed by atoms with Gasteiger partial charge in [-0.25, -0.2) is 0 Å². The second kappa shape index (κ2) is 6.59.